The van der Waals surface area contributed by atoms with Gasteiger partial charge in [-0.2, -0.15) is 0 Å². The Morgan fingerprint density at radius 1 is 1.24 bits per heavy atom. The van der Waals surface area contributed by atoms with E-state index >= 15 is 0 Å². The highest BCUT2D eigenvalue weighted by Crippen LogP contribution is 2.25. The van der Waals surface area contributed by atoms with Crippen LogP contribution in [0.5, 0.6) is 0 Å². The fraction of sp³-hybridized carbons (Fsp3) is 0.167. The molecule has 3 rings (SSSR count). The lowest BCUT2D eigenvalue weighted by atomic mass is 10.1. The van der Waals surface area contributed by atoms with Gasteiger partial charge in [0, 0.05) is 29.3 Å². The summed E-state index contributed by atoms with van der Waals surface area (Å²) in [5.41, 5.74) is 3.25. The largest absolute Gasteiger partial charge is 0.478 e. The van der Waals surface area contributed by atoms with Crippen molar-refractivity contribution in [2.75, 3.05) is 5.32 Å². The number of hydrogen-bond acceptors (Lipinski definition) is 6. The maximum Gasteiger partial charge on any atom is 0.335 e. The fourth-order valence-electron chi connectivity index (χ4n) is 2.52. The maximum absolute atomic E-state index is 11.2. The van der Waals surface area contributed by atoms with Crippen molar-refractivity contribution in [3.63, 3.8) is 0 Å². The van der Waals surface area contributed by atoms with Crippen molar-refractivity contribution in [1.82, 2.24) is 19.9 Å². The highest BCUT2D eigenvalue weighted by atomic mass is 16.4. The van der Waals surface area contributed by atoms with E-state index in [1.54, 1.807) is 42.9 Å². The first-order valence-electron chi connectivity index (χ1n) is 7.82. The summed E-state index contributed by atoms with van der Waals surface area (Å²) in [5.74, 6) is 0.136. The highest BCUT2D eigenvalue weighted by Gasteiger charge is 2.13. The molecule has 0 aliphatic rings. The van der Waals surface area contributed by atoms with Crippen molar-refractivity contribution in [3.05, 3.63) is 59.7 Å². The average Bonchev–Trinajstić information content (AvgIpc) is 2.62. The molecular weight excluding hydrogens is 318 g/mol. The van der Waals surface area contributed by atoms with Crippen LogP contribution in [0.2, 0.25) is 0 Å². The second-order valence-corrected chi connectivity index (χ2v) is 5.41. The minimum absolute atomic E-state index is 0.211. The van der Waals surface area contributed by atoms with E-state index in [0.29, 0.717) is 23.0 Å². The number of rotatable bonds is 5. The first-order chi connectivity index (χ1) is 12.1. The van der Waals surface area contributed by atoms with Gasteiger partial charge in [-0.05, 0) is 31.5 Å². The molecule has 0 spiro atoms. The van der Waals surface area contributed by atoms with Crippen LogP contribution >= 0.6 is 0 Å². The van der Waals surface area contributed by atoms with E-state index in [9.17, 15) is 4.79 Å². The molecule has 2 N–H and O–H groups in total. The highest BCUT2D eigenvalue weighted by molar-refractivity contribution is 5.89. The molecule has 0 radical (unpaired) electrons. The number of carbonyl (C=O) groups is 1. The summed E-state index contributed by atoms with van der Waals surface area (Å²) >= 11 is 0. The number of anilines is 2. The Morgan fingerprint density at radius 2 is 2.08 bits per heavy atom. The quantitative estimate of drug-likeness (QED) is 0.738. The van der Waals surface area contributed by atoms with E-state index in [1.165, 1.54) is 0 Å². The van der Waals surface area contributed by atoms with Crippen LogP contribution in [0.4, 0.5) is 11.5 Å². The SMILES string of the molecule is CCc1c(C)nc(-c2cnccn2)nc1Nc1cccc(C(=O)O)c1. The van der Waals surface area contributed by atoms with E-state index in [4.69, 9.17) is 5.11 Å². The van der Waals surface area contributed by atoms with Crippen LogP contribution in [0.15, 0.2) is 42.9 Å². The third-order valence-electron chi connectivity index (χ3n) is 3.73. The first-order valence-corrected chi connectivity index (χ1v) is 7.82. The van der Waals surface area contributed by atoms with Crippen molar-refractivity contribution in [2.24, 2.45) is 0 Å². The van der Waals surface area contributed by atoms with Crippen LogP contribution in [-0.2, 0) is 6.42 Å². The van der Waals surface area contributed by atoms with Crippen molar-refractivity contribution in [3.8, 4) is 11.5 Å². The van der Waals surface area contributed by atoms with Crippen LogP contribution in [-0.4, -0.2) is 31.0 Å². The third-order valence-corrected chi connectivity index (χ3v) is 3.73. The Bertz CT molecular complexity index is 913. The van der Waals surface area contributed by atoms with Gasteiger partial charge in [-0.25, -0.2) is 19.7 Å². The fourth-order valence-corrected chi connectivity index (χ4v) is 2.52. The topological polar surface area (TPSA) is 101 Å². The molecule has 3 aromatic rings. The van der Waals surface area contributed by atoms with E-state index in [-0.39, 0.29) is 5.56 Å². The molecule has 7 heteroatoms. The minimum Gasteiger partial charge on any atom is -0.478 e. The van der Waals surface area contributed by atoms with Crippen molar-refractivity contribution < 1.29 is 9.90 Å². The van der Waals surface area contributed by atoms with E-state index < -0.39 is 5.97 Å². The monoisotopic (exact) mass is 335 g/mol. The zero-order valence-corrected chi connectivity index (χ0v) is 13.9. The van der Waals surface area contributed by atoms with Gasteiger partial charge in [0.1, 0.15) is 11.5 Å². The second-order valence-electron chi connectivity index (χ2n) is 5.41. The molecule has 0 saturated heterocycles. The number of nitrogens with zero attached hydrogens (tertiary/aromatic N) is 4. The van der Waals surface area contributed by atoms with Crippen molar-refractivity contribution in [2.45, 2.75) is 20.3 Å². The number of benzene rings is 1. The average molecular weight is 335 g/mol. The lowest BCUT2D eigenvalue weighted by Crippen LogP contribution is -2.06. The molecule has 0 fully saturated rings. The van der Waals surface area contributed by atoms with E-state index in [1.807, 2.05) is 13.8 Å². The maximum atomic E-state index is 11.2. The van der Waals surface area contributed by atoms with Gasteiger partial charge in [-0.1, -0.05) is 13.0 Å². The lowest BCUT2D eigenvalue weighted by molar-refractivity contribution is 0.0697. The molecule has 0 amide bonds. The number of aromatic carboxylic acids is 1. The van der Waals surface area contributed by atoms with Crippen LogP contribution in [0.1, 0.15) is 28.5 Å². The summed E-state index contributed by atoms with van der Waals surface area (Å²) in [4.78, 5) is 28.5. The normalized spacial score (nSPS) is 10.5. The minimum atomic E-state index is -0.974. The predicted octanol–water partition coefficient (Wildman–Crippen LogP) is 3.25. The number of carboxylic acids is 1. The van der Waals surface area contributed by atoms with Gasteiger partial charge in [-0.3, -0.25) is 4.98 Å². The van der Waals surface area contributed by atoms with Gasteiger partial charge in [-0.15, -0.1) is 0 Å². The molecule has 25 heavy (non-hydrogen) atoms. The van der Waals surface area contributed by atoms with Crippen LogP contribution < -0.4 is 5.32 Å². The standard InChI is InChI=1S/C18H17N5O2/c1-3-14-11(2)21-17(15-10-19-7-8-20-15)23-16(14)22-13-6-4-5-12(9-13)18(24)25/h4-10H,3H2,1-2H3,(H,24,25)(H,21,22,23). The van der Waals surface area contributed by atoms with Crippen molar-refractivity contribution >= 4 is 17.5 Å². The van der Waals surface area contributed by atoms with Gasteiger partial charge in [0.05, 0.1) is 11.8 Å². The Kier molecular flexibility index (Phi) is 4.65. The number of nitrogens with one attached hydrogen (secondary N) is 1. The summed E-state index contributed by atoms with van der Waals surface area (Å²) in [6.45, 7) is 3.94. The number of aromatic nitrogens is 4. The van der Waals surface area contributed by atoms with Gasteiger partial charge in [0.25, 0.3) is 0 Å². The third kappa shape index (κ3) is 3.60. The number of aryl methyl sites for hydroxylation is 1. The number of hydrogen-bond donors (Lipinski definition) is 2. The molecule has 7 nitrogen and oxygen atoms in total. The first kappa shape index (κ1) is 16.5. The number of carboxylic acid groups (broad SMARTS) is 1. The molecule has 0 aliphatic carbocycles. The van der Waals surface area contributed by atoms with Crippen LogP contribution in [0.3, 0.4) is 0 Å². The summed E-state index contributed by atoms with van der Waals surface area (Å²) in [6.07, 6.45) is 5.53. The second kappa shape index (κ2) is 7.04. The van der Waals surface area contributed by atoms with Gasteiger partial charge in [0.15, 0.2) is 5.82 Å². The summed E-state index contributed by atoms with van der Waals surface area (Å²) in [5, 5.41) is 12.4. The molecule has 0 atom stereocenters. The Balaban J connectivity index is 2.04. The van der Waals surface area contributed by atoms with E-state index in [0.717, 1.165) is 17.7 Å². The molecule has 0 bridgehead atoms. The Labute approximate surface area is 144 Å². The molecule has 0 saturated carbocycles. The molecule has 0 aliphatic heterocycles. The molecule has 126 valence electrons. The van der Waals surface area contributed by atoms with Gasteiger partial charge < -0.3 is 10.4 Å². The van der Waals surface area contributed by atoms with E-state index in [2.05, 4.69) is 25.3 Å². The van der Waals surface area contributed by atoms with Crippen LogP contribution in [0.25, 0.3) is 11.5 Å². The molecule has 1 aromatic carbocycles. The van der Waals surface area contributed by atoms with Gasteiger partial charge in [0.2, 0.25) is 0 Å². The smallest absolute Gasteiger partial charge is 0.335 e. The molecule has 2 heterocycles. The van der Waals surface area contributed by atoms with Crippen molar-refractivity contribution in [1.29, 1.82) is 0 Å². The zero-order chi connectivity index (χ0) is 17.8. The summed E-state index contributed by atoms with van der Waals surface area (Å²) in [6, 6.07) is 6.60. The Morgan fingerprint density at radius 3 is 2.76 bits per heavy atom. The van der Waals surface area contributed by atoms with Gasteiger partial charge >= 0.3 is 5.97 Å². The predicted molar refractivity (Wildman–Crippen MR) is 93.9 cm³/mol. The summed E-state index contributed by atoms with van der Waals surface area (Å²) in [7, 11) is 0. The zero-order valence-electron chi connectivity index (χ0n) is 13.9. The van der Waals surface area contributed by atoms with Crippen LogP contribution in [0, 0.1) is 6.92 Å². The summed E-state index contributed by atoms with van der Waals surface area (Å²) < 4.78 is 0. The molecular formula is C18H17N5O2. The molecule has 2 aromatic heterocycles. The molecule has 0 unspecified atom stereocenters. The lowest BCUT2D eigenvalue weighted by Gasteiger charge is -2.14. The Hall–Kier alpha value is -3.35.